The molecule has 0 aliphatic rings. The molecule has 15 heavy (non-hydrogen) atoms. The van der Waals surface area contributed by atoms with Crippen LogP contribution in [0.25, 0.3) is 0 Å². The van der Waals surface area contributed by atoms with E-state index in [1.807, 2.05) is 0 Å². The second kappa shape index (κ2) is 7.30. The molecule has 0 aromatic carbocycles. The van der Waals surface area contributed by atoms with Gasteiger partial charge in [-0.2, -0.15) is 0 Å². The van der Waals surface area contributed by atoms with Crippen molar-refractivity contribution >= 4 is 0 Å². The fourth-order valence-electron chi connectivity index (χ4n) is 2.03. The van der Waals surface area contributed by atoms with Crippen molar-refractivity contribution in [2.75, 3.05) is 0 Å². The first-order valence-corrected chi connectivity index (χ1v) is 6.93. The average molecular weight is 212 g/mol. The van der Waals surface area contributed by atoms with E-state index in [9.17, 15) is 0 Å². The summed E-state index contributed by atoms with van der Waals surface area (Å²) in [7, 11) is 0. The van der Waals surface area contributed by atoms with E-state index in [2.05, 4.69) is 41.5 Å². The molecule has 0 aromatic rings. The smallest absolute Gasteiger partial charge is 0.0357 e. The molecule has 1 unspecified atom stereocenters. The molecule has 0 fully saturated rings. The lowest BCUT2D eigenvalue weighted by atomic mass is 9.78. The fraction of sp³-hybridized carbons (Fsp3) is 1.00. The molecule has 0 spiro atoms. The Labute approximate surface area is 97.8 Å². The molecule has 0 saturated heterocycles. The lowest BCUT2D eigenvalue weighted by Crippen LogP contribution is -2.15. The molecule has 0 nitrogen and oxygen atoms in total. The average Bonchev–Trinajstić information content (AvgIpc) is 2.17. The Morgan fingerprint density at radius 3 is 2.00 bits per heavy atom. The van der Waals surface area contributed by atoms with Gasteiger partial charge in [-0.15, -0.1) is 0 Å². The highest BCUT2D eigenvalue weighted by molar-refractivity contribution is 4.71. The zero-order valence-electron chi connectivity index (χ0n) is 11.9. The van der Waals surface area contributed by atoms with Crippen molar-refractivity contribution in [3.05, 3.63) is 0 Å². The van der Waals surface area contributed by atoms with E-state index in [1.54, 1.807) is 0 Å². The van der Waals surface area contributed by atoms with E-state index in [0.717, 1.165) is 11.8 Å². The van der Waals surface area contributed by atoms with Gasteiger partial charge in [-0.05, 0) is 30.1 Å². The topological polar surface area (TPSA) is 0 Å². The summed E-state index contributed by atoms with van der Waals surface area (Å²) in [6, 6.07) is 0. The Kier molecular flexibility index (Phi) is 7.30. The minimum absolute atomic E-state index is 0.555. The maximum Gasteiger partial charge on any atom is -0.0357 e. The number of hydrogen-bond donors (Lipinski definition) is 0. The first-order valence-electron chi connectivity index (χ1n) is 6.93. The molecule has 0 saturated carbocycles. The Balaban J connectivity index is 3.95. The summed E-state index contributed by atoms with van der Waals surface area (Å²) < 4.78 is 0. The van der Waals surface area contributed by atoms with Crippen LogP contribution in [0.3, 0.4) is 0 Å². The molecule has 0 heteroatoms. The van der Waals surface area contributed by atoms with E-state index in [4.69, 9.17) is 0 Å². The van der Waals surface area contributed by atoms with Crippen LogP contribution >= 0.6 is 0 Å². The predicted molar refractivity (Wildman–Crippen MR) is 71.2 cm³/mol. The number of unbranched alkanes of at least 4 members (excludes halogenated alkanes) is 1. The largest absolute Gasteiger partial charge is 0.0654 e. The highest BCUT2D eigenvalue weighted by Gasteiger charge is 2.19. The molecule has 0 N–H and O–H groups in total. The summed E-state index contributed by atoms with van der Waals surface area (Å²) in [5, 5.41) is 0. The van der Waals surface area contributed by atoms with E-state index in [-0.39, 0.29) is 0 Å². The van der Waals surface area contributed by atoms with Gasteiger partial charge in [0, 0.05) is 0 Å². The monoisotopic (exact) mass is 212 g/mol. The third kappa shape index (κ3) is 6.98. The SMILES string of the molecule is CCCCC(CCC(C)(C)CC)C(C)C. The predicted octanol–water partition coefficient (Wildman–Crippen LogP) is 5.67. The highest BCUT2D eigenvalue weighted by Crippen LogP contribution is 2.32. The summed E-state index contributed by atoms with van der Waals surface area (Å²) in [4.78, 5) is 0. The minimum atomic E-state index is 0.555. The molecule has 0 rings (SSSR count). The molecule has 0 aromatic heterocycles. The third-order valence-electron chi connectivity index (χ3n) is 4.02. The molecular weight excluding hydrogens is 180 g/mol. The highest BCUT2D eigenvalue weighted by atomic mass is 14.2. The van der Waals surface area contributed by atoms with Crippen LogP contribution in [0.2, 0.25) is 0 Å². The molecule has 1 atom stereocenters. The second-order valence-electron chi connectivity index (χ2n) is 6.20. The van der Waals surface area contributed by atoms with E-state index >= 15 is 0 Å². The van der Waals surface area contributed by atoms with Gasteiger partial charge < -0.3 is 0 Å². The number of hydrogen-bond acceptors (Lipinski definition) is 0. The summed E-state index contributed by atoms with van der Waals surface area (Å²) in [5.41, 5.74) is 0.555. The van der Waals surface area contributed by atoms with Crippen LogP contribution in [0.15, 0.2) is 0 Å². The van der Waals surface area contributed by atoms with Gasteiger partial charge in [0.05, 0.1) is 0 Å². The quantitative estimate of drug-likeness (QED) is 0.486. The van der Waals surface area contributed by atoms with Crippen molar-refractivity contribution in [3.8, 4) is 0 Å². The second-order valence-corrected chi connectivity index (χ2v) is 6.20. The maximum atomic E-state index is 2.41. The Morgan fingerprint density at radius 2 is 1.60 bits per heavy atom. The van der Waals surface area contributed by atoms with Crippen LogP contribution in [-0.2, 0) is 0 Å². The Morgan fingerprint density at radius 1 is 1.00 bits per heavy atom. The molecule has 92 valence electrons. The Bertz CT molecular complexity index is 144. The maximum absolute atomic E-state index is 2.41. The van der Waals surface area contributed by atoms with Gasteiger partial charge in [-0.3, -0.25) is 0 Å². The summed E-state index contributed by atoms with van der Waals surface area (Å²) in [5.74, 6) is 1.82. The summed E-state index contributed by atoms with van der Waals surface area (Å²) >= 11 is 0. The van der Waals surface area contributed by atoms with Crippen LogP contribution in [0.1, 0.15) is 80.1 Å². The zero-order chi connectivity index (χ0) is 11.9. The van der Waals surface area contributed by atoms with Crippen LogP contribution < -0.4 is 0 Å². The van der Waals surface area contributed by atoms with Crippen molar-refractivity contribution in [1.29, 1.82) is 0 Å². The zero-order valence-corrected chi connectivity index (χ0v) is 11.9. The summed E-state index contributed by atoms with van der Waals surface area (Å²) in [6.07, 6.45) is 8.34. The molecule has 0 aliphatic carbocycles. The van der Waals surface area contributed by atoms with Gasteiger partial charge in [0.2, 0.25) is 0 Å². The molecule has 0 amide bonds. The van der Waals surface area contributed by atoms with E-state index < -0.39 is 0 Å². The van der Waals surface area contributed by atoms with Crippen LogP contribution in [0.4, 0.5) is 0 Å². The van der Waals surface area contributed by atoms with E-state index in [0.29, 0.717) is 5.41 Å². The van der Waals surface area contributed by atoms with Crippen molar-refractivity contribution in [1.82, 2.24) is 0 Å². The molecule has 0 radical (unpaired) electrons. The van der Waals surface area contributed by atoms with E-state index in [1.165, 1.54) is 38.5 Å². The van der Waals surface area contributed by atoms with Gasteiger partial charge in [0.15, 0.2) is 0 Å². The summed E-state index contributed by atoms with van der Waals surface area (Å²) in [6.45, 7) is 14.2. The minimum Gasteiger partial charge on any atom is -0.0654 e. The van der Waals surface area contributed by atoms with Gasteiger partial charge in [0.1, 0.15) is 0 Å². The molecule has 0 heterocycles. The first kappa shape index (κ1) is 15.0. The lowest BCUT2D eigenvalue weighted by Gasteiger charge is -2.27. The molecular formula is C15H32. The van der Waals surface area contributed by atoms with Crippen LogP contribution in [0, 0.1) is 17.3 Å². The van der Waals surface area contributed by atoms with Gasteiger partial charge >= 0.3 is 0 Å². The van der Waals surface area contributed by atoms with Gasteiger partial charge in [0.25, 0.3) is 0 Å². The van der Waals surface area contributed by atoms with Gasteiger partial charge in [-0.1, -0.05) is 67.2 Å². The fourth-order valence-corrected chi connectivity index (χ4v) is 2.03. The number of rotatable bonds is 8. The lowest BCUT2D eigenvalue weighted by molar-refractivity contribution is 0.242. The Hall–Kier alpha value is 0. The molecule has 0 bridgehead atoms. The van der Waals surface area contributed by atoms with Crippen LogP contribution in [-0.4, -0.2) is 0 Å². The van der Waals surface area contributed by atoms with Crippen molar-refractivity contribution in [2.45, 2.75) is 80.1 Å². The van der Waals surface area contributed by atoms with Crippen molar-refractivity contribution in [3.63, 3.8) is 0 Å². The van der Waals surface area contributed by atoms with Gasteiger partial charge in [-0.25, -0.2) is 0 Å². The van der Waals surface area contributed by atoms with Crippen molar-refractivity contribution < 1.29 is 0 Å². The normalized spacial score (nSPS) is 14.6. The van der Waals surface area contributed by atoms with Crippen LogP contribution in [0.5, 0.6) is 0 Å². The third-order valence-corrected chi connectivity index (χ3v) is 4.02. The first-order chi connectivity index (χ1) is 6.93. The standard InChI is InChI=1S/C15H32/c1-7-9-10-14(13(3)4)11-12-15(5,6)8-2/h13-14H,7-12H2,1-6H3. The van der Waals surface area contributed by atoms with Crippen molar-refractivity contribution in [2.24, 2.45) is 17.3 Å². The molecule has 0 aliphatic heterocycles.